The van der Waals surface area contributed by atoms with Gasteiger partial charge in [-0.15, -0.1) is 0 Å². The van der Waals surface area contributed by atoms with Crippen LogP contribution >= 0.6 is 0 Å². The first kappa shape index (κ1) is 25.7. The van der Waals surface area contributed by atoms with Crippen molar-refractivity contribution in [2.75, 3.05) is 0 Å². The summed E-state index contributed by atoms with van der Waals surface area (Å²) in [5, 5.41) is 0. The van der Waals surface area contributed by atoms with Crippen LogP contribution < -0.4 is 0 Å². The Morgan fingerprint density at radius 2 is 0.810 bits per heavy atom. The number of rotatable bonds is 1. The minimum absolute atomic E-state index is 0.205. The predicted octanol–water partition coefficient (Wildman–Crippen LogP) is 7.87. The van der Waals surface area contributed by atoms with Crippen molar-refractivity contribution in [3.05, 3.63) is 0 Å². The van der Waals surface area contributed by atoms with Crippen molar-refractivity contribution in [1.82, 2.24) is 0 Å². The number of hydrogen-bond acceptors (Lipinski definition) is 0. The Hall–Kier alpha value is -0.210. The Labute approximate surface area is 131 Å². The van der Waals surface area contributed by atoms with Crippen LogP contribution in [0.3, 0.4) is 0 Å². The molecule has 0 aromatic rings. The number of halogens is 3. The van der Waals surface area contributed by atoms with E-state index in [1.807, 2.05) is 0 Å². The normalized spacial score (nSPS) is 12.9. The largest absolute Gasteiger partial charge is 0.389 e. The van der Waals surface area contributed by atoms with Gasteiger partial charge in [-0.25, -0.2) is 0 Å². The van der Waals surface area contributed by atoms with Gasteiger partial charge in [-0.05, 0) is 22.7 Å². The Kier molecular flexibility index (Phi) is 11.9. The molecule has 0 saturated heterocycles. The fourth-order valence-corrected chi connectivity index (χ4v) is 0.517. The maximum Gasteiger partial charge on any atom is 0.389 e. The first-order valence-corrected chi connectivity index (χ1v) is 7.83. The molecule has 0 fully saturated rings. The standard InChI is InChI=1S/C7H13F3.C6H14.C5H12/c1-6(2,3)4-5-7(8,9)10;1-5-6(2,3)4;1-5(2,3)4/h4-5H2,1-3H3;5H2,1-4H3;1-4H3. The molecule has 0 aliphatic heterocycles. The molecule has 0 heterocycles. The van der Waals surface area contributed by atoms with Crippen LogP contribution in [0.2, 0.25) is 0 Å². The van der Waals surface area contributed by atoms with Gasteiger partial charge in [0.2, 0.25) is 0 Å². The summed E-state index contributed by atoms with van der Waals surface area (Å²) in [7, 11) is 0. The third kappa shape index (κ3) is 65.3. The molecular formula is C18H39F3. The van der Waals surface area contributed by atoms with E-state index >= 15 is 0 Å². The molecular weight excluding hydrogens is 273 g/mol. The highest BCUT2D eigenvalue weighted by Crippen LogP contribution is 2.29. The van der Waals surface area contributed by atoms with E-state index in [9.17, 15) is 13.2 Å². The van der Waals surface area contributed by atoms with E-state index in [-0.39, 0.29) is 11.8 Å². The van der Waals surface area contributed by atoms with Gasteiger partial charge in [0.05, 0.1) is 0 Å². The van der Waals surface area contributed by atoms with E-state index in [0.717, 1.165) is 0 Å². The SMILES string of the molecule is CC(C)(C)C.CC(C)(C)CCC(F)(F)F.CCC(C)(C)C. The van der Waals surface area contributed by atoms with Gasteiger partial charge < -0.3 is 0 Å². The highest BCUT2D eigenvalue weighted by atomic mass is 19.4. The fourth-order valence-electron chi connectivity index (χ4n) is 0.517. The molecule has 3 heteroatoms. The van der Waals surface area contributed by atoms with Crippen LogP contribution in [0.4, 0.5) is 13.2 Å². The van der Waals surface area contributed by atoms with Crippen molar-refractivity contribution in [3.8, 4) is 0 Å². The summed E-state index contributed by atoms with van der Waals surface area (Å²) in [5.41, 5.74) is 0.829. The van der Waals surface area contributed by atoms with Crippen molar-refractivity contribution in [1.29, 1.82) is 0 Å². The third-order valence-corrected chi connectivity index (χ3v) is 2.22. The van der Waals surface area contributed by atoms with E-state index in [1.165, 1.54) is 6.42 Å². The summed E-state index contributed by atoms with van der Waals surface area (Å²) < 4.78 is 34.8. The molecule has 0 aromatic heterocycles. The van der Waals surface area contributed by atoms with Crippen LogP contribution in [0.1, 0.15) is 95.4 Å². The van der Waals surface area contributed by atoms with E-state index < -0.39 is 12.6 Å². The summed E-state index contributed by atoms with van der Waals surface area (Å²) >= 11 is 0. The minimum atomic E-state index is -3.99. The molecule has 0 bridgehead atoms. The zero-order valence-electron chi connectivity index (χ0n) is 16.3. The van der Waals surface area contributed by atoms with Gasteiger partial charge in [0.25, 0.3) is 0 Å². The molecule has 0 radical (unpaired) electrons. The molecule has 0 aromatic carbocycles. The van der Waals surface area contributed by atoms with Gasteiger partial charge in [0.15, 0.2) is 0 Å². The van der Waals surface area contributed by atoms with Crippen LogP contribution in [0.25, 0.3) is 0 Å². The Bertz CT molecular complexity index is 211. The monoisotopic (exact) mass is 312 g/mol. The molecule has 0 amide bonds. The van der Waals surface area contributed by atoms with Crippen LogP contribution in [-0.4, -0.2) is 6.18 Å². The summed E-state index contributed by atoms with van der Waals surface area (Å²) in [6.45, 7) is 23.1. The average molecular weight is 313 g/mol. The zero-order valence-corrected chi connectivity index (χ0v) is 16.3. The lowest BCUT2D eigenvalue weighted by molar-refractivity contribution is -0.139. The zero-order chi connectivity index (χ0) is 18.1. The second-order valence-electron chi connectivity index (χ2n) is 9.59. The molecule has 0 saturated carbocycles. The quantitative estimate of drug-likeness (QED) is 0.462. The van der Waals surface area contributed by atoms with Gasteiger partial charge in [-0.3, -0.25) is 0 Å². The van der Waals surface area contributed by atoms with E-state index in [4.69, 9.17) is 0 Å². The lowest BCUT2D eigenvalue weighted by Crippen LogP contribution is -2.13. The average Bonchev–Trinajstić information content (AvgIpc) is 2.10. The van der Waals surface area contributed by atoms with Crippen molar-refractivity contribution in [2.24, 2.45) is 16.2 Å². The van der Waals surface area contributed by atoms with E-state index in [0.29, 0.717) is 10.8 Å². The van der Waals surface area contributed by atoms with Crippen molar-refractivity contribution in [3.63, 3.8) is 0 Å². The molecule has 0 unspecified atom stereocenters. The molecule has 0 aliphatic carbocycles. The summed E-state index contributed by atoms with van der Waals surface area (Å²) in [6, 6.07) is 0. The van der Waals surface area contributed by atoms with Crippen molar-refractivity contribution < 1.29 is 13.2 Å². The fraction of sp³-hybridized carbons (Fsp3) is 1.00. The van der Waals surface area contributed by atoms with E-state index in [2.05, 4.69) is 55.4 Å². The minimum Gasteiger partial charge on any atom is -0.171 e. The topological polar surface area (TPSA) is 0 Å². The first-order chi connectivity index (χ1) is 8.77. The van der Waals surface area contributed by atoms with Crippen LogP contribution in [-0.2, 0) is 0 Å². The molecule has 0 nitrogen and oxygen atoms in total. The Balaban J connectivity index is -0.000000252. The molecule has 0 atom stereocenters. The Morgan fingerprint density at radius 1 is 0.571 bits per heavy atom. The predicted molar refractivity (Wildman–Crippen MR) is 89.6 cm³/mol. The Morgan fingerprint density at radius 3 is 0.857 bits per heavy atom. The molecule has 0 N–H and O–H groups in total. The second kappa shape index (κ2) is 9.74. The van der Waals surface area contributed by atoms with Crippen molar-refractivity contribution >= 4 is 0 Å². The molecule has 132 valence electrons. The van der Waals surface area contributed by atoms with Crippen molar-refractivity contribution in [2.45, 2.75) is 102 Å². The first-order valence-electron chi connectivity index (χ1n) is 7.83. The number of hydrogen-bond donors (Lipinski definition) is 0. The van der Waals surface area contributed by atoms with Crippen LogP contribution in [0.15, 0.2) is 0 Å². The van der Waals surface area contributed by atoms with Gasteiger partial charge >= 0.3 is 6.18 Å². The smallest absolute Gasteiger partial charge is 0.171 e. The summed E-state index contributed by atoms with van der Waals surface area (Å²) in [6.07, 6.45) is -3.19. The lowest BCUT2D eigenvalue weighted by Gasteiger charge is -2.18. The molecule has 0 aliphatic rings. The maximum atomic E-state index is 11.6. The van der Waals surface area contributed by atoms with Gasteiger partial charge in [-0.1, -0.05) is 82.6 Å². The molecule has 21 heavy (non-hydrogen) atoms. The van der Waals surface area contributed by atoms with Crippen LogP contribution in [0, 0.1) is 16.2 Å². The number of alkyl halides is 3. The maximum absolute atomic E-state index is 11.6. The molecule has 0 rings (SSSR count). The second-order valence-corrected chi connectivity index (χ2v) is 9.59. The molecule has 0 spiro atoms. The van der Waals surface area contributed by atoms with Gasteiger partial charge in [-0.2, -0.15) is 13.2 Å². The van der Waals surface area contributed by atoms with Crippen LogP contribution in [0.5, 0.6) is 0 Å². The summed E-state index contributed by atoms with van der Waals surface area (Å²) in [5.74, 6) is 0. The lowest BCUT2D eigenvalue weighted by atomic mass is 9.90. The summed E-state index contributed by atoms with van der Waals surface area (Å²) in [4.78, 5) is 0. The highest BCUT2D eigenvalue weighted by molar-refractivity contribution is 4.63. The van der Waals surface area contributed by atoms with Gasteiger partial charge in [0, 0.05) is 6.42 Å². The van der Waals surface area contributed by atoms with Gasteiger partial charge in [0.1, 0.15) is 0 Å². The van der Waals surface area contributed by atoms with E-state index in [1.54, 1.807) is 20.8 Å². The highest BCUT2D eigenvalue weighted by Gasteiger charge is 2.29. The third-order valence-electron chi connectivity index (χ3n) is 2.22.